The molecule has 0 amide bonds. The molecule has 0 fully saturated rings. The van der Waals surface area contributed by atoms with E-state index >= 15 is 0 Å². The molecule has 0 heterocycles. The van der Waals surface area contributed by atoms with E-state index in [1.807, 2.05) is 6.07 Å². The Morgan fingerprint density at radius 3 is 2.67 bits per heavy atom. The number of halogens is 2. The molecule has 0 radical (unpaired) electrons. The van der Waals surface area contributed by atoms with E-state index in [9.17, 15) is 15.0 Å². The number of thioether (sulfide) groups is 1. The smallest absolute Gasteiger partial charge is 0.185 e. The number of benzene rings is 1. The number of hydrogen-bond donors (Lipinski definition) is 2. The SMILES string of the molecule is CC(=O)SCCC(O)C(O)c1cc(Br)ccc1Br. The number of hydrogen-bond acceptors (Lipinski definition) is 4. The van der Waals surface area contributed by atoms with Gasteiger partial charge in [-0.25, -0.2) is 0 Å². The molecule has 1 aromatic rings. The third-order valence-corrected chi connectivity index (χ3v) is 4.42. The first-order valence-electron chi connectivity index (χ1n) is 5.36. The van der Waals surface area contributed by atoms with Gasteiger partial charge in [-0.3, -0.25) is 4.79 Å². The Bertz CT molecular complexity index is 426. The molecule has 0 bridgehead atoms. The summed E-state index contributed by atoms with van der Waals surface area (Å²) in [5, 5.41) is 20.0. The van der Waals surface area contributed by atoms with Crippen LogP contribution >= 0.6 is 43.6 Å². The Labute approximate surface area is 127 Å². The molecule has 0 saturated heterocycles. The van der Waals surface area contributed by atoms with Gasteiger partial charge in [-0.05, 0) is 30.2 Å². The Kier molecular flexibility index (Phi) is 6.87. The Morgan fingerprint density at radius 1 is 1.39 bits per heavy atom. The minimum absolute atomic E-state index is 0.0142. The second-order valence-corrected chi connectivity index (χ2v) is 6.85. The van der Waals surface area contributed by atoms with Crippen molar-refractivity contribution >= 4 is 48.7 Å². The molecule has 2 atom stereocenters. The van der Waals surface area contributed by atoms with E-state index in [1.54, 1.807) is 12.1 Å². The Hall–Kier alpha value is 0.120. The average molecular weight is 398 g/mol. The third-order valence-electron chi connectivity index (χ3n) is 2.36. The quantitative estimate of drug-likeness (QED) is 0.800. The van der Waals surface area contributed by atoms with Gasteiger partial charge in [0, 0.05) is 21.6 Å². The maximum absolute atomic E-state index is 10.8. The fourth-order valence-corrected chi connectivity index (χ4v) is 2.94. The second-order valence-electron chi connectivity index (χ2n) is 3.81. The highest BCUT2D eigenvalue weighted by atomic mass is 79.9. The van der Waals surface area contributed by atoms with Gasteiger partial charge in [-0.1, -0.05) is 43.6 Å². The normalized spacial score (nSPS) is 14.3. The number of carbonyl (C=O) groups is 1. The maximum atomic E-state index is 10.8. The van der Waals surface area contributed by atoms with Crippen LogP contribution < -0.4 is 0 Å². The van der Waals surface area contributed by atoms with Crippen LogP contribution in [0.5, 0.6) is 0 Å². The van der Waals surface area contributed by atoms with Crippen molar-refractivity contribution in [1.82, 2.24) is 0 Å². The molecule has 0 spiro atoms. The van der Waals surface area contributed by atoms with Crippen molar-refractivity contribution in [2.75, 3.05) is 5.75 Å². The summed E-state index contributed by atoms with van der Waals surface area (Å²) in [5.74, 6) is 0.499. The predicted molar refractivity (Wildman–Crippen MR) is 80.6 cm³/mol. The second kappa shape index (κ2) is 7.65. The first kappa shape index (κ1) is 16.2. The lowest BCUT2D eigenvalue weighted by Gasteiger charge is -2.19. The predicted octanol–water partition coefficient (Wildman–Crippen LogP) is 3.28. The summed E-state index contributed by atoms with van der Waals surface area (Å²) in [4.78, 5) is 10.8. The Balaban J connectivity index is 2.64. The van der Waals surface area contributed by atoms with Crippen LogP contribution in [-0.4, -0.2) is 27.2 Å². The lowest BCUT2D eigenvalue weighted by Crippen LogP contribution is -2.19. The average Bonchev–Trinajstić information content (AvgIpc) is 2.30. The van der Waals surface area contributed by atoms with E-state index in [-0.39, 0.29) is 5.12 Å². The van der Waals surface area contributed by atoms with Gasteiger partial charge in [-0.15, -0.1) is 0 Å². The minimum atomic E-state index is -0.968. The summed E-state index contributed by atoms with van der Waals surface area (Å²) in [7, 11) is 0. The highest BCUT2D eigenvalue weighted by molar-refractivity contribution is 9.11. The molecule has 0 aliphatic rings. The molecule has 100 valence electrons. The van der Waals surface area contributed by atoms with Crippen molar-refractivity contribution in [3.8, 4) is 0 Å². The third kappa shape index (κ3) is 5.01. The molecule has 2 N–H and O–H groups in total. The van der Waals surface area contributed by atoms with Crippen molar-refractivity contribution in [3.05, 3.63) is 32.7 Å². The largest absolute Gasteiger partial charge is 0.390 e. The van der Waals surface area contributed by atoms with Gasteiger partial charge in [0.1, 0.15) is 6.10 Å². The molecule has 0 saturated carbocycles. The van der Waals surface area contributed by atoms with Crippen LogP contribution in [0.2, 0.25) is 0 Å². The number of carbonyl (C=O) groups excluding carboxylic acids is 1. The lowest BCUT2D eigenvalue weighted by atomic mass is 10.0. The monoisotopic (exact) mass is 396 g/mol. The number of aliphatic hydroxyl groups is 2. The van der Waals surface area contributed by atoms with Crippen molar-refractivity contribution < 1.29 is 15.0 Å². The summed E-state index contributed by atoms with van der Waals surface area (Å²) in [6.45, 7) is 1.48. The molecule has 18 heavy (non-hydrogen) atoms. The van der Waals surface area contributed by atoms with Crippen molar-refractivity contribution in [1.29, 1.82) is 0 Å². The fourth-order valence-electron chi connectivity index (χ4n) is 1.43. The highest BCUT2D eigenvalue weighted by Crippen LogP contribution is 2.30. The van der Waals surface area contributed by atoms with E-state index in [0.29, 0.717) is 17.7 Å². The van der Waals surface area contributed by atoms with Gasteiger partial charge in [0.25, 0.3) is 0 Å². The van der Waals surface area contributed by atoms with E-state index < -0.39 is 12.2 Å². The van der Waals surface area contributed by atoms with Crippen LogP contribution in [0.25, 0.3) is 0 Å². The summed E-state index contributed by atoms with van der Waals surface area (Å²) in [6.07, 6.45) is -1.49. The van der Waals surface area contributed by atoms with E-state index in [2.05, 4.69) is 31.9 Å². The Morgan fingerprint density at radius 2 is 2.06 bits per heavy atom. The summed E-state index contributed by atoms with van der Waals surface area (Å²) in [5.41, 5.74) is 0.629. The van der Waals surface area contributed by atoms with Crippen molar-refractivity contribution in [2.45, 2.75) is 25.6 Å². The molecule has 0 aliphatic heterocycles. The molecule has 6 heteroatoms. The molecule has 1 aromatic carbocycles. The molecule has 2 unspecified atom stereocenters. The molecular formula is C12H14Br2O3S. The van der Waals surface area contributed by atoms with Gasteiger partial charge in [0.2, 0.25) is 0 Å². The van der Waals surface area contributed by atoms with Crippen LogP contribution in [0.15, 0.2) is 27.1 Å². The highest BCUT2D eigenvalue weighted by Gasteiger charge is 2.20. The number of aliphatic hydroxyl groups excluding tert-OH is 2. The molecular weight excluding hydrogens is 384 g/mol. The standard InChI is InChI=1S/C12H14Br2O3S/c1-7(15)18-5-4-11(16)12(17)9-6-8(13)2-3-10(9)14/h2-3,6,11-12,16-17H,4-5H2,1H3. The van der Waals surface area contributed by atoms with E-state index in [1.165, 1.54) is 6.92 Å². The summed E-state index contributed by atoms with van der Waals surface area (Å²) < 4.78 is 1.58. The summed E-state index contributed by atoms with van der Waals surface area (Å²) in [6, 6.07) is 5.41. The molecule has 3 nitrogen and oxygen atoms in total. The zero-order valence-corrected chi connectivity index (χ0v) is 13.8. The van der Waals surface area contributed by atoms with Gasteiger partial charge in [-0.2, -0.15) is 0 Å². The zero-order valence-electron chi connectivity index (χ0n) is 9.77. The number of rotatable bonds is 5. The first-order chi connectivity index (χ1) is 8.41. The minimum Gasteiger partial charge on any atom is -0.390 e. The van der Waals surface area contributed by atoms with Crippen molar-refractivity contribution in [3.63, 3.8) is 0 Å². The van der Waals surface area contributed by atoms with Crippen LogP contribution in [0.1, 0.15) is 25.0 Å². The van der Waals surface area contributed by atoms with Crippen LogP contribution in [-0.2, 0) is 4.79 Å². The van der Waals surface area contributed by atoms with Gasteiger partial charge >= 0.3 is 0 Å². The molecule has 0 aromatic heterocycles. The molecule has 0 aliphatic carbocycles. The van der Waals surface area contributed by atoms with Crippen LogP contribution in [0, 0.1) is 0 Å². The van der Waals surface area contributed by atoms with Crippen LogP contribution in [0.4, 0.5) is 0 Å². The zero-order chi connectivity index (χ0) is 13.7. The molecule has 1 rings (SSSR count). The van der Waals surface area contributed by atoms with Gasteiger partial charge in [0.05, 0.1) is 6.10 Å². The topological polar surface area (TPSA) is 57.5 Å². The maximum Gasteiger partial charge on any atom is 0.185 e. The van der Waals surface area contributed by atoms with E-state index in [0.717, 1.165) is 20.7 Å². The lowest BCUT2D eigenvalue weighted by molar-refractivity contribution is -0.109. The summed E-state index contributed by atoms with van der Waals surface area (Å²) >= 11 is 7.81. The first-order valence-corrected chi connectivity index (χ1v) is 7.93. The van der Waals surface area contributed by atoms with Gasteiger partial charge in [0.15, 0.2) is 5.12 Å². The van der Waals surface area contributed by atoms with E-state index in [4.69, 9.17) is 0 Å². The van der Waals surface area contributed by atoms with Crippen molar-refractivity contribution in [2.24, 2.45) is 0 Å². The fraction of sp³-hybridized carbons (Fsp3) is 0.417. The van der Waals surface area contributed by atoms with Crippen LogP contribution in [0.3, 0.4) is 0 Å². The van der Waals surface area contributed by atoms with Gasteiger partial charge < -0.3 is 10.2 Å².